The maximum Gasteiger partial charge on any atom is 0.276 e. The van der Waals surface area contributed by atoms with Gasteiger partial charge in [-0.1, -0.05) is 24.6 Å². The van der Waals surface area contributed by atoms with Crippen molar-refractivity contribution in [2.45, 2.75) is 57.9 Å². The highest BCUT2D eigenvalue weighted by Gasteiger charge is 2.31. The number of hydrazine groups is 1. The van der Waals surface area contributed by atoms with Gasteiger partial charge in [0.05, 0.1) is 4.90 Å². The Hall–Kier alpha value is -2.91. The molecule has 8 nitrogen and oxygen atoms in total. The van der Waals surface area contributed by atoms with E-state index in [1.807, 2.05) is 39.0 Å². The number of carbonyl (C=O) groups excluding carboxylic acids is 2. The summed E-state index contributed by atoms with van der Waals surface area (Å²) in [4.78, 5) is 24.9. The Morgan fingerprint density at radius 2 is 1.76 bits per heavy atom. The molecule has 1 saturated heterocycles. The first-order valence-electron chi connectivity index (χ1n) is 11.0. The SMILES string of the molecule is Cc1ccc(C)c(OCC(=O)NNC(=O)c2cc(S(=O)(=O)N3CCCCC3C)ccc2C)c1. The van der Waals surface area contributed by atoms with E-state index < -0.39 is 21.8 Å². The number of amides is 2. The molecule has 178 valence electrons. The van der Waals surface area contributed by atoms with Crippen molar-refractivity contribution in [2.24, 2.45) is 0 Å². The standard InChI is InChI=1S/C24H31N3O5S/c1-16-8-9-18(3)22(13-16)32-15-23(28)25-26-24(29)21-14-20(11-10-17(21)2)33(30,31)27-12-6-5-7-19(27)4/h8-11,13-14,19H,5-7,12,15H2,1-4H3,(H,25,28)(H,26,29). The Labute approximate surface area is 195 Å². The summed E-state index contributed by atoms with van der Waals surface area (Å²) in [5.74, 6) is -0.540. The second-order valence-electron chi connectivity index (χ2n) is 8.50. The molecule has 0 radical (unpaired) electrons. The van der Waals surface area contributed by atoms with Gasteiger partial charge in [0.15, 0.2) is 6.61 Å². The first kappa shape index (κ1) is 24.7. The summed E-state index contributed by atoms with van der Waals surface area (Å²) in [6, 6.07) is 10.1. The molecule has 2 N–H and O–H groups in total. The third-order valence-corrected chi connectivity index (χ3v) is 7.83. The van der Waals surface area contributed by atoms with Gasteiger partial charge in [-0.15, -0.1) is 0 Å². The summed E-state index contributed by atoms with van der Waals surface area (Å²) in [6.07, 6.45) is 2.63. The first-order valence-corrected chi connectivity index (χ1v) is 12.5. The zero-order valence-electron chi connectivity index (χ0n) is 19.5. The molecule has 0 spiro atoms. The largest absolute Gasteiger partial charge is 0.483 e. The van der Waals surface area contributed by atoms with E-state index in [4.69, 9.17) is 4.74 Å². The molecule has 1 aliphatic heterocycles. The topological polar surface area (TPSA) is 105 Å². The van der Waals surface area contributed by atoms with E-state index in [9.17, 15) is 18.0 Å². The average Bonchev–Trinajstić information content (AvgIpc) is 2.78. The van der Waals surface area contributed by atoms with Crippen LogP contribution in [0.5, 0.6) is 5.75 Å². The molecule has 1 heterocycles. The number of hydrogen-bond acceptors (Lipinski definition) is 5. The predicted molar refractivity (Wildman–Crippen MR) is 125 cm³/mol. The van der Waals surface area contributed by atoms with E-state index in [1.165, 1.54) is 16.4 Å². The molecule has 2 amide bonds. The van der Waals surface area contributed by atoms with Crippen LogP contribution in [0.4, 0.5) is 0 Å². The van der Waals surface area contributed by atoms with Crippen LogP contribution in [0.3, 0.4) is 0 Å². The molecule has 0 aromatic heterocycles. The number of nitrogens with one attached hydrogen (secondary N) is 2. The molecule has 33 heavy (non-hydrogen) atoms. The van der Waals surface area contributed by atoms with Crippen LogP contribution in [0, 0.1) is 20.8 Å². The average molecular weight is 474 g/mol. The van der Waals surface area contributed by atoms with Crippen LogP contribution in [-0.4, -0.2) is 43.7 Å². The molecule has 1 aliphatic rings. The third-order valence-electron chi connectivity index (χ3n) is 5.82. The number of nitrogens with zero attached hydrogens (tertiary/aromatic N) is 1. The smallest absolute Gasteiger partial charge is 0.276 e. The highest BCUT2D eigenvalue weighted by Crippen LogP contribution is 2.26. The Bertz CT molecular complexity index is 1150. The van der Waals surface area contributed by atoms with Crippen molar-refractivity contribution >= 4 is 21.8 Å². The number of carbonyl (C=O) groups is 2. The van der Waals surface area contributed by atoms with Gasteiger partial charge in [0, 0.05) is 18.2 Å². The second kappa shape index (κ2) is 10.4. The lowest BCUT2D eigenvalue weighted by atomic mass is 10.1. The number of piperidine rings is 1. The second-order valence-corrected chi connectivity index (χ2v) is 10.4. The van der Waals surface area contributed by atoms with Gasteiger partial charge >= 0.3 is 0 Å². The maximum absolute atomic E-state index is 13.1. The highest BCUT2D eigenvalue weighted by molar-refractivity contribution is 7.89. The van der Waals surface area contributed by atoms with E-state index in [0.717, 1.165) is 30.4 Å². The van der Waals surface area contributed by atoms with Crippen LogP contribution in [0.25, 0.3) is 0 Å². The summed E-state index contributed by atoms with van der Waals surface area (Å²) >= 11 is 0. The zero-order valence-corrected chi connectivity index (χ0v) is 20.3. The lowest BCUT2D eigenvalue weighted by Crippen LogP contribution is -2.44. The molecule has 0 aliphatic carbocycles. The molecule has 0 saturated carbocycles. The van der Waals surface area contributed by atoms with Crippen LogP contribution < -0.4 is 15.6 Å². The van der Waals surface area contributed by atoms with Crippen molar-refractivity contribution in [3.63, 3.8) is 0 Å². The molecule has 9 heteroatoms. The van der Waals surface area contributed by atoms with E-state index in [2.05, 4.69) is 10.9 Å². The zero-order chi connectivity index (χ0) is 24.2. The summed E-state index contributed by atoms with van der Waals surface area (Å²) in [7, 11) is -3.72. The minimum Gasteiger partial charge on any atom is -0.483 e. The van der Waals surface area contributed by atoms with Gasteiger partial charge in [-0.2, -0.15) is 4.31 Å². The van der Waals surface area contributed by atoms with E-state index >= 15 is 0 Å². The number of benzene rings is 2. The summed E-state index contributed by atoms with van der Waals surface area (Å²) < 4.78 is 33.3. The molecular weight excluding hydrogens is 442 g/mol. The summed E-state index contributed by atoms with van der Waals surface area (Å²) in [5.41, 5.74) is 7.34. The lowest BCUT2D eigenvalue weighted by molar-refractivity contribution is -0.123. The fourth-order valence-electron chi connectivity index (χ4n) is 3.81. The molecule has 2 aromatic carbocycles. The Morgan fingerprint density at radius 3 is 2.48 bits per heavy atom. The molecule has 1 fully saturated rings. The van der Waals surface area contributed by atoms with Crippen molar-refractivity contribution in [1.29, 1.82) is 0 Å². The number of ether oxygens (including phenoxy) is 1. The molecular formula is C24H31N3O5S. The summed E-state index contributed by atoms with van der Waals surface area (Å²) in [6.45, 7) is 7.60. The number of aryl methyl sites for hydroxylation is 3. The van der Waals surface area contributed by atoms with Crippen molar-refractivity contribution in [3.05, 3.63) is 58.7 Å². The van der Waals surface area contributed by atoms with Crippen molar-refractivity contribution in [2.75, 3.05) is 13.2 Å². The summed E-state index contributed by atoms with van der Waals surface area (Å²) in [5, 5.41) is 0. The molecule has 3 rings (SSSR count). The van der Waals surface area contributed by atoms with Crippen LogP contribution in [0.15, 0.2) is 41.3 Å². The monoisotopic (exact) mass is 473 g/mol. The van der Waals surface area contributed by atoms with Crippen LogP contribution in [0.1, 0.15) is 53.2 Å². The Kier molecular flexibility index (Phi) is 7.76. The van der Waals surface area contributed by atoms with Gasteiger partial charge in [0.25, 0.3) is 11.8 Å². The van der Waals surface area contributed by atoms with Crippen LogP contribution >= 0.6 is 0 Å². The van der Waals surface area contributed by atoms with Gasteiger partial charge in [-0.25, -0.2) is 8.42 Å². The van der Waals surface area contributed by atoms with Crippen LogP contribution in [0.2, 0.25) is 0 Å². The van der Waals surface area contributed by atoms with Gasteiger partial charge in [0.2, 0.25) is 10.0 Å². The molecule has 0 bridgehead atoms. The van der Waals surface area contributed by atoms with Gasteiger partial charge in [0.1, 0.15) is 5.75 Å². The van der Waals surface area contributed by atoms with Crippen LogP contribution in [-0.2, 0) is 14.8 Å². The highest BCUT2D eigenvalue weighted by atomic mass is 32.2. The normalized spacial score (nSPS) is 16.8. The van der Waals surface area contributed by atoms with Crippen molar-refractivity contribution in [1.82, 2.24) is 15.2 Å². The fourth-order valence-corrected chi connectivity index (χ4v) is 5.53. The third kappa shape index (κ3) is 5.91. The van der Waals surface area contributed by atoms with Gasteiger partial charge in [-0.3, -0.25) is 20.4 Å². The van der Waals surface area contributed by atoms with Gasteiger partial charge < -0.3 is 4.74 Å². The van der Waals surface area contributed by atoms with E-state index in [0.29, 0.717) is 17.9 Å². The molecule has 1 unspecified atom stereocenters. The first-order chi connectivity index (χ1) is 15.6. The lowest BCUT2D eigenvalue weighted by Gasteiger charge is -2.32. The van der Waals surface area contributed by atoms with E-state index in [1.54, 1.807) is 13.0 Å². The van der Waals surface area contributed by atoms with E-state index in [-0.39, 0.29) is 23.1 Å². The van der Waals surface area contributed by atoms with Crippen molar-refractivity contribution < 1.29 is 22.7 Å². The van der Waals surface area contributed by atoms with Gasteiger partial charge in [-0.05, 0) is 75.4 Å². The fraction of sp³-hybridized carbons (Fsp3) is 0.417. The Morgan fingerprint density at radius 1 is 1.03 bits per heavy atom. The molecule has 1 atom stereocenters. The quantitative estimate of drug-likeness (QED) is 0.628. The number of sulfonamides is 1. The predicted octanol–water partition coefficient (Wildman–Crippen LogP) is 3.01. The minimum atomic E-state index is -3.72. The molecule has 2 aromatic rings. The minimum absolute atomic E-state index is 0.0663. The maximum atomic E-state index is 13.1. The van der Waals surface area contributed by atoms with Crippen molar-refractivity contribution in [3.8, 4) is 5.75 Å². The Balaban J connectivity index is 1.65. The number of rotatable bonds is 6. The number of hydrogen-bond donors (Lipinski definition) is 2.